The molecule has 0 atom stereocenters. The van der Waals surface area contributed by atoms with Gasteiger partial charge in [-0.25, -0.2) is 4.98 Å². The van der Waals surface area contributed by atoms with E-state index in [2.05, 4.69) is 4.98 Å². The molecule has 0 aliphatic rings. The highest BCUT2D eigenvalue weighted by molar-refractivity contribution is 5.50. The highest BCUT2D eigenvalue weighted by Gasteiger charge is 2.00. The first-order chi connectivity index (χ1) is 8.15. The Labute approximate surface area is 101 Å². The average Bonchev–Trinajstić information content (AvgIpc) is 2.32. The molecular weight excluding hydrogens is 214 g/mol. The summed E-state index contributed by atoms with van der Waals surface area (Å²) in [6.07, 6.45) is 1.61. The molecule has 0 unspecified atom stereocenters. The van der Waals surface area contributed by atoms with Crippen LogP contribution in [-0.2, 0) is 0 Å². The minimum Gasteiger partial charge on any atom is -0.456 e. The average molecular weight is 229 g/mol. The molecule has 0 radical (unpaired) electrons. The molecule has 17 heavy (non-hydrogen) atoms. The third kappa shape index (κ3) is 2.87. The van der Waals surface area contributed by atoms with Crippen molar-refractivity contribution in [1.29, 1.82) is 0 Å². The molecule has 88 valence electrons. The molecule has 4 nitrogen and oxygen atoms in total. The largest absolute Gasteiger partial charge is 0.456 e. The van der Waals surface area contributed by atoms with Gasteiger partial charge in [0, 0.05) is 25.8 Å². The molecule has 1 aromatic carbocycles. The molecule has 1 heterocycles. The number of nitrogens with two attached hydrogens (primary N) is 1. The van der Waals surface area contributed by atoms with Crippen LogP contribution in [0.5, 0.6) is 11.5 Å². The van der Waals surface area contributed by atoms with Gasteiger partial charge in [0.15, 0.2) is 0 Å². The number of nitrogen functional groups attached to an aromatic ring is 1. The van der Waals surface area contributed by atoms with E-state index in [9.17, 15) is 0 Å². The zero-order valence-corrected chi connectivity index (χ0v) is 9.92. The molecule has 0 aliphatic carbocycles. The molecule has 0 fully saturated rings. The first-order valence-electron chi connectivity index (χ1n) is 5.32. The molecule has 2 N–H and O–H groups in total. The zero-order valence-electron chi connectivity index (χ0n) is 9.92. The quantitative estimate of drug-likeness (QED) is 0.878. The Balaban J connectivity index is 2.18. The molecule has 0 saturated carbocycles. The molecule has 0 spiro atoms. The summed E-state index contributed by atoms with van der Waals surface area (Å²) in [4.78, 5) is 6.00. The van der Waals surface area contributed by atoms with Crippen molar-refractivity contribution in [2.24, 2.45) is 0 Å². The van der Waals surface area contributed by atoms with Crippen LogP contribution < -0.4 is 15.4 Å². The van der Waals surface area contributed by atoms with Crippen LogP contribution in [0.4, 0.5) is 11.5 Å². The second kappa shape index (κ2) is 4.74. The predicted octanol–water partition coefficient (Wildman–Crippen LogP) is 2.52. The first kappa shape index (κ1) is 11.3. The lowest BCUT2D eigenvalue weighted by Crippen LogP contribution is -2.08. The van der Waals surface area contributed by atoms with E-state index in [0.717, 1.165) is 11.4 Å². The van der Waals surface area contributed by atoms with Crippen LogP contribution in [0.15, 0.2) is 42.6 Å². The molecule has 0 saturated heterocycles. The lowest BCUT2D eigenvalue weighted by atomic mass is 10.3. The normalized spacial score (nSPS) is 10.0. The Morgan fingerprint density at radius 2 is 1.94 bits per heavy atom. The van der Waals surface area contributed by atoms with Crippen molar-refractivity contribution >= 4 is 11.5 Å². The maximum absolute atomic E-state index is 5.68. The SMILES string of the molecule is CN(C)c1cccc(Oc2ccc(N)nc2)c1. The smallest absolute Gasteiger partial charge is 0.145 e. The Bertz CT molecular complexity index is 494. The highest BCUT2D eigenvalue weighted by Crippen LogP contribution is 2.24. The molecule has 2 aromatic rings. The molecule has 0 bridgehead atoms. The summed E-state index contributed by atoms with van der Waals surface area (Å²) in [5.41, 5.74) is 6.60. The summed E-state index contributed by atoms with van der Waals surface area (Å²) in [6.45, 7) is 0. The summed E-state index contributed by atoms with van der Waals surface area (Å²) in [5, 5.41) is 0. The van der Waals surface area contributed by atoms with Crippen molar-refractivity contribution < 1.29 is 4.74 Å². The van der Waals surface area contributed by atoms with Crippen molar-refractivity contribution in [3.05, 3.63) is 42.6 Å². The lowest BCUT2D eigenvalue weighted by Gasteiger charge is -2.13. The van der Waals surface area contributed by atoms with Crippen LogP contribution in [0.3, 0.4) is 0 Å². The van der Waals surface area contributed by atoms with Crippen molar-refractivity contribution in [3.8, 4) is 11.5 Å². The Hall–Kier alpha value is -2.23. The van der Waals surface area contributed by atoms with Gasteiger partial charge < -0.3 is 15.4 Å². The number of hydrogen-bond donors (Lipinski definition) is 1. The minimum absolute atomic E-state index is 0.486. The third-order valence-electron chi connectivity index (χ3n) is 2.33. The van der Waals surface area contributed by atoms with Crippen LogP contribution in [0.1, 0.15) is 0 Å². The Morgan fingerprint density at radius 1 is 1.12 bits per heavy atom. The van der Waals surface area contributed by atoms with Crippen molar-refractivity contribution in [3.63, 3.8) is 0 Å². The van der Waals surface area contributed by atoms with E-state index in [1.54, 1.807) is 18.3 Å². The fraction of sp³-hybridized carbons (Fsp3) is 0.154. The summed E-state index contributed by atoms with van der Waals surface area (Å²) < 4.78 is 5.68. The Kier molecular flexibility index (Phi) is 3.14. The lowest BCUT2D eigenvalue weighted by molar-refractivity contribution is 0.480. The van der Waals surface area contributed by atoms with Gasteiger partial charge in [-0.1, -0.05) is 6.07 Å². The van der Waals surface area contributed by atoms with Crippen LogP contribution in [-0.4, -0.2) is 19.1 Å². The molecule has 0 aliphatic heterocycles. The standard InChI is InChI=1S/C13H15N3O/c1-16(2)10-4-3-5-11(8-10)17-12-6-7-13(14)15-9-12/h3-9H,1-2H3,(H2,14,15). The maximum Gasteiger partial charge on any atom is 0.145 e. The van der Waals surface area contributed by atoms with Crippen molar-refractivity contribution in [1.82, 2.24) is 4.98 Å². The summed E-state index contributed by atoms with van der Waals surface area (Å²) in [7, 11) is 3.98. The fourth-order valence-electron chi connectivity index (χ4n) is 1.41. The van der Waals surface area contributed by atoms with Crippen molar-refractivity contribution in [2.45, 2.75) is 0 Å². The second-order valence-electron chi connectivity index (χ2n) is 3.91. The van der Waals surface area contributed by atoms with Gasteiger partial charge in [-0.2, -0.15) is 0 Å². The molecular formula is C13H15N3O. The van der Waals surface area contributed by atoms with E-state index in [1.165, 1.54) is 0 Å². The summed E-state index contributed by atoms with van der Waals surface area (Å²) >= 11 is 0. The van der Waals surface area contributed by atoms with E-state index in [4.69, 9.17) is 10.5 Å². The van der Waals surface area contributed by atoms with Gasteiger partial charge in [0.25, 0.3) is 0 Å². The molecule has 0 amide bonds. The van der Waals surface area contributed by atoms with Crippen LogP contribution in [0.25, 0.3) is 0 Å². The van der Waals surface area contributed by atoms with E-state index in [1.807, 2.05) is 43.3 Å². The van der Waals surface area contributed by atoms with Crippen LogP contribution in [0.2, 0.25) is 0 Å². The molecule has 2 rings (SSSR count). The first-order valence-corrected chi connectivity index (χ1v) is 5.32. The fourth-order valence-corrected chi connectivity index (χ4v) is 1.41. The van der Waals surface area contributed by atoms with E-state index in [-0.39, 0.29) is 0 Å². The molecule has 4 heteroatoms. The highest BCUT2D eigenvalue weighted by atomic mass is 16.5. The van der Waals surface area contributed by atoms with Crippen molar-refractivity contribution in [2.75, 3.05) is 24.7 Å². The number of ether oxygens (including phenoxy) is 1. The van der Waals surface area contributed by atoms with E-state index < -0.39 is 0 Å². The van der Waals surface area contributed by atoms with Gasteiger partial charge in [-0.05, 0) is 24.3 Å². The van der Waals surface area contributed by atoms with Gasteiger partial charge in [0.05, 0.1) is 6.20 Å². The second-order valence-corrected chi connectivity index (χ2v) is 3.91. The Morgan fingerprint density at radius 3 is 2.59 bits per heavy atom. The zero-order chi connectivity index (χ0) is 12.3. The summed E-state index contributed by atoms with van der Waals surface area (Å²) in [5.74, 6) is 1.94. The van der Waals surface area contributed by atoms with E-state index >= 15 is 0 Å². The van der Waals surface area contributed by atoms with Crippen LogP contribution in [0, 0.1) is 0 Å². The minimum atomic E-state index is 0.486. The number of benzene rings is 1. The van der Waals surface area contributed by atoms with Gasteiger partial charge in [0.1, 0.15) is 17.3 Å². The van der Waals surface area contributed by atoms with Gasteiger partial charge in [0.2, 0.25) is 0 Å². The number of pyridine rings is 1. The number of anilines is 2. The van der Waals surface area contributed by atoms with Gasteiger partial charge >= 0.3 is 0 Å². The topological polar surface area (TPSA) is 51.4 Å². The molecule has 1 aromatic heterocycles. The number of aromatic nitrogens is 1. The van der Waals surface area contributed by atoms with Gasteiger partial charge in [-0.15, -0.1) is 0 Å². The predicted molar refractivity (Wildman–Crippen MR) is 69.5 cm³/mol. The van der Waals surface area contributed by atoms with E-state index in [0.29, 0.717) is 11.6 Å². The maximum atomic E-state index is 5.68. The van der Waals surface area contributed by atoms with Crippen LogP contribution >= 0.6 is 0 Å². The summed E-state index contributed by atoms with van der Waals surface area (Å²) in [6, 6.07) is 11.4. The third-order valence-corrected chi connectivity index (χ3v) is 2.33. The number of nitrogens with zero attached hydrogens (tertiary/aromatic N) is 2. The van der Waals surface area contributed by atoms with Gasteiger partial charge in [-0.3, -0.25) is 0 Å². The number of hydrogen-bond acceptors (Lipinski definition) is 4. The number of rotatable bonds is 3. The monoisotopic (exact) mass is 229 g/mol.